The first-order chi connectivity index (χ1) is 9.76. The molecule has 2 heterocycles. The Balaban J connectivity index is 1.74. The van der Waals surface area contributed by atoms with Crippen molar-refractivity contribution < 1.29 is 9.69 Å². The minimum Gasteiger partial charge on any atom is -0.354 e. The van der Waals surface area contributed by atoms with Crippen LogP contribution >= 0.6 is 0 Å². The van der Waals surface area contributed by atoms with Gasteiger partial charge in [-0.2, -0.15) is 0 Å². The Kier molecular flexibility index (Phi) is 3.69. The van der Waals surface area contributed by atoms with Crippen molar-refractivity contribution in [3.8, 4) is 0 Å². The maximum absolute atomic E-state index is 11.5. The summed E-state index contributed by atoms with van der Waals surface area (Å²) in [6, 6.07) is 8.13. The summed E-state index contributed by atoms with van der Waals surface area (Å²) in [5.41, 5.74) is 2.13. The number of nitrogens with zero attached hydrogens (tertiary/aromatic N) is 1. The summed E-state index contributed by atoms with van der Waals surface area (Å²) in [5.74, 6) is 1.61. The lowest BCUT2D eigenvalue weighted by Crippen LogP contribution is -3.14. The second-order valence-corrected chi connectivity index (χ2v) is 5.53. The van der Waals surface area contributed by atoms with E-state index in [1.165, 1.54) is 4.90 Å². The van der Waals surface area contributed by atoms with Crippen LogP contribution in [-0.2, 0) is 4.79 Å². The summed E-state index contributed by atoms with van der Waals surface area (Å²) >= 11 is 0. The van der Waals surface area contributed by atoms with Gasteiger partial charge in [0, 0.05) is 7.05 Å². The lowest BCUT2D eigenvalue weighted by molar-refractivity contribution is -0.898. The van der Waals surface area contributed by atoms with E-state index in [-0.39, 0.29) is 5.91 Å². The Morgan fingerprint density at radius 3 is 3.15 bits per heavy atom. The summed E-state index contributed by atoms with van der Waals surface area (Å²) in [5, 5.41) is 2.71. The Morgan fingerprint density at radius 2 is 2.35 bits per heavy atom. The average Bonchev–Trinajstić information content (AvgIpc) is 2.91. The van der Waals surface area contributed by atoms with Crippen molar-refractivity contribution in [2.45, 2.75) is 18.8 Å². The third kappa shape index (κ3) is 2.67. The van der Waals surface area contributed by atoms with Gasteiger partial charge in [-0.3, -0.25) is 4.79 Å². The number of piperidine rings is 1. The highest BCUT2D eigenvalue weighted by Crippen LogP contribution is 2.21. The minimum atomic E-state index is 0.116. The maximum Gasteiger partial charge on any atom is 0.274 e. The molecule has 0 saturated carbocycles. The van der Waals surface area contributed by atoms with Crippen molar-refractivity contribution in [1.82, 2.24) is 15.3 Å². The second-order valence-electron chi connectivity index (χ2n) is 5.53. The minimum absolute atomic E-state index is 0.116. The maximum atomic E-state index is 11.5. The molecule has 5 heteroatoms. The summed E-state index contributed by atoms with van der Waals surface area (Å²) in [6.07, 6.45) is 2.30. The van der Waals surface area contributed by atoms with Gasteiger partial charge in [-0.25, -0.2) is 4.98 Å². The number of para-hydroxylation sites is 2. The molecule has 2 aromatic rings. The van der Waals surface area contributed by atoms with Crippen LogP contribution in [0.25, 0.3) is 11.0 Å². The van der Waals surface area contributed by atoms with E-state index in [4.69, 9.17) is 4.98 Å². The number of likely N-dealkylation sites (tertiary alicyclic amines) is 1. The topological polar surface area (TPSA) is 62.2 Å². The molecule has 1 unspecified atom stereocenters. The number of H-pyrrole nitrogens is 1. The van der Waals surface area contributed by atoms with E-state index in [2.05, 4.69) is 16.4 Å². The van der Waals surface area contributed by atoms with Crippen molar-refractivity contribution in [3.63, 3.8) is 0 Å². The Morgan fingerprint density at radius 1 is 1.50 bits per heavy atom. The summed E-state index contributed by atoms with van der Waals surface area (Å²) in [6.45, 7) is 2.62. The number of hydrogen-bond acceptors (Lipinski definition) is 2. The second kappa shape index (κ2) is 5.63. The van der Waals surface area contributed by atoms with Crippen LogP contribution < -0.4 is 10.2 Å². The normalized spacial score (nSPS) is 22.9. The number of nitrogens with one attached hydrogen (secondary N) is 3. The zero-order valence-corrected chi connectivity index (χ0v) is 11.8. The molecule has 5 nitrogen and oxygen atoms in total. The van der Waals surface area contributed by atoms with Crippen molar-refractivity contribution >= 4 is 16.9 Å². The highest BCUT2D eigenvalue weighted by molar-refractivity contribution is 5.76. The van der Waals surface area contributed by atoms with E-state index in [9.17, 15) is 4.79 Å². The molecule has 1 saturated heterocycles. The molecule has 1 aromatic heterocycles. The van der Waals surface area contributed by atoms with Gasteiger partial charge < -0.3 is 15.2 Å². The molecule has 2 atom stereocenters. The highest BCUT2D eigenvalue weighted by atomic mass is 16.1. The lowest BCUT2D eigenvalue weighted by atomic mass is 9.97. The number of carbonyl (C=O) groups is 1. The number of imidazole rings is 1. The molecule has 3 rings (SSSR count). The fraction of sp³-hybridized carbons (Fsp3) is 0.467. The van der Waals surface area contributed by atoms with E-state index in [0.717, 1.165) is 42.8 Å². The van der Waals surface area contributed by atoms with E-state index in [1.807, 2.05) is 18.2 Å². The van der Waals surface area contributed by atoms with Crippen LogP contribution in [0.15, 0.2) is 24.3 Å². The highest BCUT2D eigenvalue weighted by Gasteiger charge is 2.27. The van der Waals surface area contributed by atoms with Gasteiger partial charge >= 0.3 is 0 Å². The van der Waals surface area contributed by atoms with Gasteiger partial charge in [0.15, 0.2) is 6.54 Å². The van der Waals surface area contributed by atoms with Gasteiger partial charge in [0.1, 0.15) is 5.82 Å². The fourth-order valence-corrected chi connectivity index (χ4v) is 3.03. The molecule has 3 N–H and O–H groups in total. The van der Waals surface area contributed by atoms with Crippen LogP contribution in [0.2, 0.25) is 0 Å². The Hall–Kier alpha value is -1.88. The number of likely N-dealkylation sites (N-methyl/N-ethyl adjacent to an activating group) is 1. The van der Waals surface area contributed by atoms with Crippen LogP contribution in [0.3, 0.4) is 0 Å². The molecule has 0 spiro atoms. The smallest absolute Gasteiger partial charge is 0.274 e. The molecule has 0 bridgehead atoms. The number of fused-ring (bicyclic) bond motifs is 1. The van der Waals surface area contributed by atoms with Crippen molar-refractivity contribution in [2.75, 3.05) is 26.7 Å². The third-order valence-electron chi connectivity index (χ3n) is 4.10. The summed E-state index contributed by atoms with van der Waals surface area (Å²) in [7, 11) is 1.70. The number of benzene rings is 1. The molecule has 20 heavy (non-hydrogen) atoms. The number of aromatic nitrogens is 2. The third-order valence-corrected chi connectivity index (χ3v) is 4.10. The molecule has 1 aromatic carbocycles. The molecule has 1 aliphatic heterocycles. The monoisotopic (exact) mass is 273 g/mol. The predicted molar refractivity (Wildman–Crippen MR) is 77.7 cm³/mol. The van der Waals surface area contributed by atoms with Crippen molar-refractivity contribution in [1.29, 1.82) is 0 Å². The molecule has 0 radical (unpaired) electrons. The van der Waals surface area contributed by atoms with E-state index in [1.54, 1.807) is 7.05 Å². The Labute approximate surface area is 118 Å². The molecular formula is C15H21N4O+. The van der Waals surface area contributed by atoms with Crippen LogP contribution in [0.5, 0.6) is 0 Å². The number of amides is 1. The van der Waals surface area contributed by atoms with E-state index >= 15 is 0 Å². The molecule has 1 aliphatic rings. The van der Waals surface area contributed by atoms with Gasteiger partial charge in [-0.1, -0.05) is 12.1 Å². The Bertz CT molecular complexity index is 574. The fourth-order valence-electron chi connectivity index (χ4n) is 3.03. The van der Waals surface area contributed by atoms with Gasteiger partial charge in [-0.15, -0.1) is 0 Å². The first-order valence-electron chi connectivity index (χ1n) is 7.25. The quantitative estimate of drug-likeness (QED) is 0.741. The van der Waals surface area contributed by atoms with Crippen LogP contribution in [0.1, 0.15) is 24.6 Å². The summed E-state index contributed by atoms with van der Waals surface area (Å²) in [4.78, 5) is 21.0. The molecule has 1 amide bonds. The van der Waals surface area contributed by atoms with Crippen LogP contribution in [0.4, 0.5) is 0 Å². The SMILES string of the molecule is CNC(=O)C[NH+]1CCC[C@H](c2nc3ccccc3[nH]2)C1. The van der Waals surface area contributed by atoms with E-state index < -0.39 is 0 Å². The van der Waals surface area contributed by atoms with Crippen LogP contribution in [-0.4, -0.2) is 42.6 Å². The predicted octanol–water partition coefficient (Wildman–Crippen LogP) is 0.0712. The first-order valence-corrected chi connectivity index (χ1v) is 7.25. The number of quaternary nitrogens is 1. The van der Waals surface area contributed by atoms with Crippen molar-refractivity contribution in [2.24, 2.45) is 0 Å². The molecule has 1 fully saturated rings. The first kappa shape index (κ1) is 13.1. The average molecular weight is 273 g/mol. The van der Waals surface area contributed by atoms with Gasteiger partial charge in [0.25, 0.3) is 5.91 Å². The molecule has 106 valence electrons. The lowest BCUT2D eigenvalue weighted by Gasteiger charge is -2.28. The number of hydrogen-bond donors (Lipinski definition) is 3. The largest absolute Gasteiger partial charge is 0.354 e. The zero-order chi connectivity index (χ0) is 13.9. The standard InChI is InChI=1S/C15H20N4O/c1-16-14(20)10-19-8-4-5-11(9-19)15-17-12-6-2-3-7-13(12)18-15/h2-3,6-7,11H,4-5,8-10H2,1H3,(H,16,20)(H,17,18)/p+1/t11-/m0/s1. The summed E-state index contributed by atoms with van der Waals surface area (Å²) < 4.78 is 0. The number of rotatable bonds is 3. The van der Waals surface area contributed by atoms with Gasteiger partial charge in [0.2, 0.25) is 0 Å². The van der Waals surface area contributed by atoms with Gasteiger partial charge in [-0.05, 0) is 25.0 Å². The molecule has 0 aliphatic carbocycles. The van der Waals surface area contributed by atoms with Crippen molar-refractivity contribution in [3.05, 3.63) is 30.1 Å². The van der Waals surface area contributed by atoms with E-state index in [0.29, 0.717) is 12.5 Å². The zero-order valence-electron chi connectivity index (χ0n) is 11.8. The van der Waals surface area contributed by atoms with Gasteiger partial charge in [0.05, 0.1) is 30.0 Å². The van der Waals surface area contributed by atoms with Crippen LogP contribution in [0, 0.1) is 0 Å². The number of carbonyl (C=O) groups excluding carboxylic acids is 1. The molecular weight excluding hydrogens is 252 g/mol. The number of aromatic amines is 1.